The van der Waals surface area contributed by atoms with Crippen LogP contribution in [0.3, 0.4) is 0 Å². The summed E-state index contributed by atoms with van der Waals surface area (Å²) >= 11 is 1.21. The van der Waals surface area contributed by atoms with Gasteiger partial charge >= 0.3 is 0 Å². The number of amides is 1. The second kappa shape index (κ2) is 7.96. The third-order valence-corrected chi connectivity index (χ3v) is 4.21. The van der Waals surface area contributed by atoms with Gasteiger partial charge in [0.15, 0.2) is 5.82 Å². The van der Waals surface area contributed by atoms with Crippen LogP contribution in [-0.4, -0.2) is 44.5 Å². The summed E-state index contributed by atoms with van der Waals surface area (Å²) in [6.45, 7) is 8.78. The first-order chi connectivity index (χ1) is 11.4. The lowest BCUT2D eigenvalue weighted by Gasteiger charge is -2.20. The lowest BCUT2D eigenvalue weighted by atomic mass is 10.2. The van der Waals surface area contributed by atoms with Crippen LogP contribution in [0.15, 0.2) is 41.6 Å². The number of hydrogen-bond donors (Lipinski definition) is 1. The first-order valence-electron chi connectivity index (χ1n) is 7.43. The van der Waals surface area contributed by atoms with Crippen molar-refractivity contribution in [1.29, 1.82) is 0 Å². The van der Waals surface area contributed by atoms with E-state index in [1.807, 2.05) is 13.8 Å². The quantitative estimate of drug-likeness (QED) is 0.471. The maximum absolute atomic E-state index is 13.0. The Morgan fingerprint density at radius 1 is 1.38 bits per heavy atom. The Bertz CT molecular complexity index is 729. The maximum atomic E-state index is 13.0. The fourth-order valence-corrected chi connectivity index (χ4v) is 2.85. The summed E-state index contributed by atoms with van der Waals surface area (Å²) in [6, 6.07) is 5.82. The molecule has 0 saturated heterocycles. The second-order valence-corrected chi connectivity index (χ2v) is 6.28. The van der Waals surface area contributed by atoms with Crippen LogP contribution in [0.1, 0.15) is 13.8 Å². The Hall–Kier alpha value is -2.35. The van der Waals surface area contributed by atoms with Gasteiger partial charge in [-0.3, -0.25) is 4.79 Å². The number of rotatable bonds is 7. The SMILES string of the molecule is C=C(C)CN(CC)C(=O)CSc1nnc(-c2ccc(F)cc2)n1N. The molecule has 8 heteroatoms. The average molecular weight is 349 g/mol. The van der Waals surface area contributed by atoms with Crippen molar-refractivity contribution in [2.24, 2.45) is 0 Å². The van der Waals surface area contributed by atoms with E-state index in [9.17, 15) is 9.18 Å². The van der Waals surface area contributed by atoms with Gasteiger partial charge in [0.2, 0.25) is 11.1 Å². The average Bonchev–Trinajstić information content (AvgIpc) is 2.92. The fourth-order valence-electron chi connectivity index (χ4n) is 2.09. The Morgan fingerprint density at radius 2 is 2.04 bits per heavy atom. The second-order valence-electron chi connectivity index (χ2n) is 5.34. The molecule has 2 N–H and O–H groups in total. The van der Waals surface area contributed by atoms with Crippen LogP contribution in [0.4, 0.5) is 4.39 Å². The third kappa shape index (κ3) is 4.35. The molecule has 6 nitrogen and oxygen atoms in total. The molecule has 0 fully saturated rings. The first-order valence-corrected chi connectivity index (χ1v) is 8.42. The highest BCUT2D eigenvalue weighted by Crippen LogP contribution is 2.22. The smallest absolute Gasteiger partial charge is 0.233 e. The van der Waals surface area contributed by atoms with Crippen molar-refractivity contribution in [2.75, 3.05) is 24.7 Å². The van der Waals surface area contributed by atoms with Gasteiger partial charge < -0.3 is 10.7 Å². The minimum Gasteiger partial charge on any atom is -0.338 e. The molecule has 0 atom stereocenters. The summed E-state index contributed by atoms with van der Waals surface area (Å²) < 4.78 is 14.3. The molecule has 1 amide bonds. The van der Waals surface area contributed by atoms with Crippen molar-refractivity contribution in [3.63, 3.8) is 0 Å². The van der Waals surface area contributed by atoms with Gasteiger partial charge in [0.25, 0.3) is 0 Å². The van der Waals surface area contributed by atoms with E-state index in [1.165, 1.54) is 28.6 Å². The molecule has 0 unspecified atom stereocenters. The minimum atomic E-state index is -0.334. The molecule has 0 aliphatic heterocycles. The van der Waals surface area contributed by atoms with Crippen molar-refractivity contribution in [1.82, 2.24) is 19.8 Å². The molecule has 2 aromatic rings. The van der Waals surface area contributed by atoms with Crippen LogP contribution in [0.5, 0.6) is 0 Å². The molecule has 0 saturated carbocycles. The number of nitrogens with two attached hydrogens (primary N) is 1. The van der Waals surface area contributed by atoms with Crippen molar-refractivity contribution in [3.8, 4) is 11.4 Å². The van der Waals surface area contributed by atoms with Gasteiger partial charge in [-0.1, -0.05) is 23.9 Å². The number of thioether (sulfide) groups is 1. The number of nitrogens with zero attached hydrogens (tertiary/aromatic N) is 4. The van der Waals surface area contributed by atoms with E-state index in [0.717, 1.165) is 5.57 Å². The molecule has 0 bridgehead atoms. The van der Waals surface area contributed by atoms with Gasteiger partial charge in [-0.2, -0.15) is 0 Å². The minimum absolute atomic E-state index is 0.0168. The zero-order valence-electron chi connectivity index (χ0n) is 13.7. The van der Waals surface area contributed by atoms with Crippen LogP contribution < -0.4 is 5.84 Å². The predicted octanol–water partition coefficient (Wildman–Crippen LogP) is 2.31. The van der Waals surface area contributed by atoms with Crippen LogP contribution >= 0.6 is 11.8 Å². The Kier molecular flexibility index (Phi) is 5.97. The van der Waals surface area contributed by atoms with Crippen LogP contribution in [0.2, 0.25) is 0 Å². The predicted molar refractivity (Wildman–Crippen MR) is 93.4 cm³/mol. The molecule has 0 aliphatic carbocycles. The molecule has 0 aliphatic rings. The van der Waals surface area contributed by atoms with E-state index in [-0.39, 0.29) is 17.5 Å². The largest absolute Gasteiger partial charge is 0.338 e. The van der Waals surface area contributed by atoms with E-state index in [1.54, 1.807) is 17.0 Å². The van der Waals surface area contributed by atoms with Gasteiger partial charge in [-0.15, -0.1) is 10.2 Å². The highest BCUT2D eigenvalue weighted by atomic mass is 32.2. The zero-order valence-corrected chi connectivity index (χ0v) is 14.5. The Balaban J connectivity index is 2.05. The maximum Gasteiger partial charge on any atom is 0.233 e. The molecule has 0 radical (unpaired) electrons. The summed E-state index contributed by atoms with van der Waals surface area (Å²) in [5, 5.41) is 8.44. The molecular weight excluding hydrogens is 329 g/mol. The Morgan fingerprint density at radius 3 is 2.62 bits per heavy atom. The van der Waals surface area contributed by atoms with Crippen molar-refractivity contribution >= 4 is 17.7 Å². The van der Waals surface area contributed by atoms with Crippen LogP contribution in [0.25, 0.3) is 11.4 Å². The number of aromatic nitrogens is 3. The number of nitrogen functional groups attached to an aromatic ring is 1. The molecule has 2 rings (SSSR count). The summed E-state index contributed by atoms with van der Waals surface area (Å²) in [5.74, 6) is 6.26. The highest BCUT2D eigenvalue weighted by molar-refractivity contribution is 7.99. The normalized spacial score (nSPS) is 10.6. The van der Waals surface area contributed by atoms with E-state index in [0.29, 0.717) is 29.6 Å². The molecule has 1 heterocycles. The van der Waals surface area contributed by atoms with E-state index < -0.39 is 0 Å². The summed E-state index contributed by atoms with van der Waals surface area (Å²) in [5.41, 5.74) is 1.58. The topological polar surface area (TPSA) is 77.0 Å². The van der Waals surface area contributed by atoms with E-state index in [4.69, 9.17) is 5.84 Å². The van der Waals surface area contributed by atoms with Gasteiger partial charge in [0.1, 0.15) is 5.82 Å². The fraction of sp³-hybridized carbons (Fsp3) is 0.312. The highest BCUT2D eigenvalue weighted by Gasteiger charge is 2.16. The summed E-state index contributed by atoms with van der Waals surface area (Å²) in [7, 11) is 0. The molecule has 24 heavy (non-hydrogen) atoms. The number of carbonyl (C=O) groups is 1. The Labute approximate surface area is 144 Å². The van der Waals surface area contributed by atoms with Gasteiger partial charge in [0.05, 0.1) is 5.75 Å². The van der Waals surface area contributed by atoms with Gasteiger partial charge in [-0.25, -0.2) is 9.07 Å². The van der Waals surface area contributed by atoms with Gasteiger partial charge in [-0.05, 0) is 38.1 Å². The molecule has 1 aromatic carbocycles. The van der Waals surface area contributed by atoms with Crippen molar-refractivity contribution in [3.05, 3.63) is 42.2 Å². The molecule has 1 aromatic heterocycles. The molecule has 128 valence electrons. The third-order valence-electron chi connectivity index (χ3n) is 3.29. The standard InChI is InChI=1S/C16H20FN5OS/c1-4-21(9-11(2)3)14(23)10-24-16-20-19-15(22(16)18)12-5-7-13(17)8-6-12/h5-8H,2,4,9-10,18H2,1,3H3. The number of hydrogen-bond acceptors (Lipinski definition) is 5. The van der Waals surface area contributed by atoms with Crippen molar-refractivity contribution < 1.29 is 9.18 Å². The number of likely N-dealkylation sites (N-methyl/N-ethyl adjacent to an activating group) is 1. The van der Waals surface area contributed by atoms with Crippen LogP contribution in [-0.2, 0) is 4.79 Å². The molecular formula is C16H20FN5OS. The van der Waals surface area contributed by atoms with Gasteiger partial charge in [0, 0.05) is 18.7 Å². The first kappa shape index (κ1) is 18.0. The van der Waals surface area contributed by atoms with Crippen LogP contribution in [0, 0.1) is 5.82 Å². The summed E-state index contributed by atoms with van der Waals surface area (Å²) in [4.78, 5) is 13.9. The van der Waals surface area contributed by atoms with Crippen molar-refractivity contribution in [2.45, 2.75) is 19.0 Å². The monoisotopic (exact) mass is 349 g/mol. The molecule has 0 spiro atoms. The van der Waals surface area contributed by atoms with E-state index in [2.05, 4.69) is 16.8 Å². The number of benzene rings is 1. The lowest BCUT2D eigenvalue weighted by molar-refractivity contribution is -0.127. The number of carbonyl (C=O) groups excluding carboxylic acids is 1. The lowest BCUT2D eigenvalue weighted by Crippen LogP contribution is -2.33. The number of halogens is 1. The van der Waals surface area contributed by atoms with E-state index >= 15 is 0 Å². The zero-order chi connectivity index (χ0) is 17.7. The summed E-state index contributed by atoms with van der Waals surface area (Å²) in [6.07, 6.45) is 0.